The number of nitrogens with one attached hydrogen (secondary N) is 1. The first-order valence-electron chi connectivity index (χ1n) is 7.37. The molecule has 6 heteroatoms. The molecular formula is C15H19N3O3. The van der Waals surface area contributed by atoms with Crippen molar-refractivity contribution in [2.24, 2.45) is 0 Å². The molecule has 0 atom stereocenters. The molecule has 4 rings (SSSR count). The SMILES string of the molecule is COCc1nc2cc3c(cc2n1C1CCNCC1)OCO3. The highest BCUT2D eigenvalue weighted by molar-refractivity contribution is 5.81. The van der Waals surface area contributed by atoms with Gasteiger partial charge in [0, 0.05) is 25.3 Å². The predicted molar refractivity (Wildman–Crippen MR) is 77.7 cm³/mol. The molecule has 2 aliphatic rings. The van der Waals surface area contributed by atoms with Gasteiger partial charge in [-0.05, 0) is 25.9 Å². The van der Waals surface area contributed by atoms with Crippen molar-refractivity contribution in [2.75, 3.05) is 27.0 Å². The lowest BCUT2D eigenvalue weighted by atomic mass is 10.1. The second kappa shape index (κ2) is 5.20. The molecule has 0 spiro atoms. The molecule has 112 valence electrons. The van der Waals surface area contributed by atoms with Crippen molar-refractivity contribution in [3.8, 4) is 11.5 Å². The molecule has 21 heavy (non-hydrogen) atoms. The summed E-state index contributed by atoms with van der Waals surface area (Å²) in [5.74, 6) is 2.56. The summed E-state index contributed by atoms with van der Waals surface area (Å²) >= 11 is 0. The molecule has 1 saturated heterocycles. The van der Waals surface area contributed by atoms with Gasteiger partial charge in [0.05, 0.1) is 11.0 Å². The minimum Gasteiger partial charge on any atom is -0.454 e. The van der Waals surface area contributed by atoms with Crippen LogP contribution in [0.15, 0.2) is 12.1 Å². The second-order valence-electron chi connectivity index (χ2n) is 5.51. The van der Waals surface area contributed by atoms with Crippen molar-refractivity contribution in [3.63, 3.8) is 0 Å². The molecule has 2 aliphatic heterocycles. The first kappa shape index (κ1) is 12.9. The Morgan fingerprint density at radius 2 is 2.05 bits per heavy atom. The largest absolute Gasteiger partial charge is 0.454 e. The number of hydrogen-bond donors (Lipinski definition) is 1. The van der Waals surface area contributed by atoms with Crippen LogP contribution in [0.2, 0.25) is 0 Å². The minimum atomic E-state index is 0.292. The monoisotopic (exact) mass is 289 g/mol. The van der Waals surface area contributed by atoms with Crippen molar-refractivity contribution in [1.82, 2.24) is 14.9 Å². The number of piperidine rings is 1. The van der Waals surface area contributed by atoms with Gasteiger partial charge >= 0.3 is 0 Å². The van der Waals surface area contributed by atoms with Gasteiger partial charge in [-0.3, -0.25) is 0 Å². The van der Waals surface area contributed by atoms with E-state index in [9.17, 15) is 0 Å². The summed E-state index contributed by atoms with van der Waals surface area (Å²) in [6.07, 6.45) is 2.22. The molecule has 0 bridgehead atoms. The molecular weight excluding hydrogens is 270 g/mol. The molecule has 3 heterocycles. The van der Waals surface area contributed by atoms with Gasteiger partial charge in [0.25, 0.3) is 0 Å². The third kappa shape index (κ3) is 2.15. The highest BCUT2D eigenvalue weighted by Crippen LogP contribution is 2.38. The van der Waals surface area contributed by atoms with E-state index in [0.717, 1.165) is 54.3 Å². The van der Waals surface area contributed by atoms with Crippen LogP contribution in [-0.4, -0.2) is 36.5 Å². The van der Waals surface area contributed by atoms with E-state index in [0.29, 0.717) is 19.4 Å². The summed E-state index contributed by atoms with van der Waals surface area (Å²) in [5.41, 5.74) is 2.06. The van der Waals surface area contributed by atoms with Crippen molar-refractivity contribution in [1.29, 1.82) is 0 Å². The summed E-state index contributed by atoms with van der Waals surface area (Å²) in [5, 5.41) is 3.41. The van der Waals surface area contributed by atoms with Crippen LogP contribution in [0.5, 0.6) is 11.5 Å². The molecule has 2 aromatic rings. The minimum absolute atomic E-state index is 0.292. The third-order valence-corrected chi connectivity index (χ3v) is 4.20. The summed E-state index contributed by atoms with van der Waals surface area (Å²) in [6.45, 7) is 2.90. The molecule has 1 aromatic carbocycles. The lowest BCUT2D eigenvalue weighted by Gasteiger charge is -2.26. The van der Waals surface area contributed by atoms with Gasteiger partial charge in [0.1, 0.15) is 12.4 Å². The molecule has 0 radical (unpaired) electrons. The maximum atomic E-state index is 5.51. The number of imidazole rings is 1. The number of aromatic nitrogens is 2. The predicted octanol–water partition coefficient (Wildman–Crippen LogP) is 1.84. The Morgan fingerprint density at radius 1 is 1.29 bits per heavy atom. The van der Waals surface area contributed by atoms with E-state index in [1.165, 1.54) is 0 Å². The standard InChI is InChI=1S/C15H19N3O3/c1-19-8-15-17-11-6-13-14(21-9-20-13)7-12(11)18(15)10-2-4-16-5-3-10/h6-7,10,16H,2-5,8-9H2,1H3. The second-order valence-corrected chi connectivity index (χ2v) is 5.51. The summed E-state index contributed by atoms with van der Waals surface area (Å²) < 4.78 is 18.6. The lowest BCUT2D eigenvalue weighted by Crippen LogP contribution is -2.30. The first-order chi connectivity index (χ1) is 10.4. The number of rotatable bonds is 3. The molecule has 0 amide bonds. The van der Waals surface area contributed by atoms with Crippen molar-refractivity contribution < 1.29 is 14.2 Å². The van der Waals surface area contributed by atoms with Crippen LogP contribution in [-0.2, 0) is 11.3 Å². The van der Waals surface area contributed by atoms with Crippen LogP contribution in [0.3, 0.4) is 0 Å². The Bertz CT molecular complexity index is 662. The molecule has 1 fully saturated rings. The summed E-state index contributed by atoms with van der Waals surface area (Å²) in [4.78, 5) is 4.74. The average Bonchev–Trinajstić information content (AvgIpc) is 3.09. The van der Waals surface area contributed by atoms with Gasteiger partial charge in [-0.25, -0.2) is 4.98 Å². The molecule has 0 saturated carbocycles. The van der Waals surface area contributed by atoms with Gasteiger partial charge in [-0.2, -0.15) is 0 Å². The lowest BCUT2D eigenvalue weighted by molar-refractivity contribution is 0.170. The number of hydrogen-bond acceptors (Lipinski definition) is 5. The zero-order valence-corrected chi connectivity index (χ0v) is 12.1. The zero-order valence-electron chi connectivity index (χ0n) is 12.1. The highest BCUT2D eigenvalue weighted by Gasteiger charge is 2.24. The fourth-order valence-electron chi connectivity index (χ4n) is 3.24. The number of nitrogens with zero attached hydrogens (tertiary/aromatic N) is 2. The third-order valence-electron chi connectivity index (χ3n) is 4.20. The number of ether oxygens (including phenoxy) is 3. The summed E-state index contributed by atoms with van der Waals surface area (Å²) in [7, 11) is 1.71. The Kier molecular flexibility index (Phi) is 3.20. The van der Waals surface area contributed by atoms with Crippen LogP contribution < -0.4 is 14.8 Å². The maximum absolute atomic E-state index is 5.51. The Labute approximate surface area is 123 Å². The van der Waals surface area contributed by atoms with Crippen LogP contribution in [0, 0.1) is 0 Å². The van der Waals surface area contributed by atoms with Crippen LogP contribution >= 0.6 is 0 Å². The number of fused-ring (bicyclic) bond motifs is 2. The fraction of sp³-hybridized carbons (Fsp3) is 0.533. The molecule has 6 nitrogen and oxygen atoms in total. The fourth-order valence-corrected chi connectivity index (χ4v) is 3.24. The molecule has 1 aromatic heterocycles. The number of methoxy groups -OCH3 is 1. The Balaban J connectivity index is 1.85. The quantitative estimate of drug-likeness (QED) is 0.934. The van der Waals surface area contributed by atoms with E-state index in [2.05, 4.69) is 9.88 Å². The molecule has 0 unspecified atom stereocenters. The van der Waals surface area contributed by atoms with E-state index in [1.807, 2.05) is 12.1 Å². The highest BCUT2D eigenvalue weighted by atomic mass is 16.7. The first-order valence-corrected chi connectivity index (χ1v) is 7.37. The Morgan fingerprint density at radius 3 is 2.81 bits per heavy atom. The van der Waals surface area contributed by atoms with Gasteiger partial charge in [0.15, 0.2) is 11.5 Å². The van der Waals surface area contributed by atoms with Crippen molar-refractivity contribution >= 4 is 11.0 Å². The van der Waals surface area contributed by atoms with Gasteiger partial charge in [-0.15, -0.1) is 0 Å². The van der Waals surface area contributed by atoms with Gasteiger partial charge in [-0.1, -0.05) is 0 Å². The Hall–Kier alpha value is -1.79. The average molecular weight is 289 g/mol. The van der Waals surface area contributed by atoms with Crippen molar-refractivity contribution in [3.05, 3.63) is 18.0 Å². The summed E-state index contributed by atoms with van der Waals surface area (Å²) in [6, 6.07) is 4.47. The van der Waals surface area contributed by atoms with E-state index >= 15 is 0 Å². The van der Waals surface area contributed by atoms with Crippen LogP contribution in [0.1, 0.15) is 24.7 Å². The van der Waals surface area contributed by atoms with Crippen LogP contribution in [0.25, 0.3) is 11.0 Å². The van der Waals surface area contributed by atoms with E-state index in [1.54, 1.807) is 7.11 Å². The topological polar surface area (TPSA) is 57.5 Å². The van der Waals surface area contributed by atoms with E-state index in [4.69, 9.17) is 19.2 Å². The van der Waals surface area contributed by atoms with E-state index in [-0.39, 0.29) is 0 Å². The smallest absolute Gasteiger partial charge is 0.231 e. The van der Waals surface area contributed by atoms with Crippen LogP contribution in [0.4, 0.5) is 0 Å². The van der Waals surface area contributed by atoms with Gasteiger partial charge < -0.3 is 24.1 Å². The number of benzene rings is 1. The molecule has 1 N–H and O–H groups in total. The van der Waals surface area contributed by atoms with Crippen molar-refractivity contribution in [2.45, 2.75) is 25.5 Å². The normalized spacial score (nSPS) is 18.5. The van der Waals surface area contributed by atoms with E-state index < -0.39 is 0 Å². The zero-order chi connectivity index (χ0) is 14.2. The molecule has 0 aliphatic carbocycles. The van der Waals surface area contributed by atoms with Gasteiger partial charge in [0.2, 0.25) is 6.79 Å². The maximum Gasteiger partial charge on any atom is 0.231 e.